The van der Waals surface area contributed by atoms with E-state index in [4.69, 9.17) is 0 Å². The van der Waals surface area contributed by atoms with E-state index >= 15 is 0 Å². The van der Waals surface area contributed by atoms with Crippen LogP contribution in [0.15, 0.2) is 53.7 Å². The fourth-order valence-electron chi connectivity index (χ4n) is 1.26. The van der Waals surface area contributed by atoms with Gasteiger partial charge in [-0.2, -0.15) is 0 Å². The van der Waals surface area contributed by atoms with Crippen molar-refractivity contribution in [2.24, 2.45) is 4.99 Å². The lowest BCUT2D eigenvalue weighted by Crippen LogP contribution is -1.83. The molecule has 0 aliphatic heterocycles. The van der Waals surface area contributed by atoms with Crippen LogP contribution in [0, 0.1) is 0 Å². The lowest BCUT2D eigenvalue weighted by molar-refractivity contribution is 1.07. The van der Waals surface area contributed by atoms with Crippen molar-refractivity contribution < 1.29 is 0 Å². The van der Waals surface area contributed by atoms with Gasteiger partial charge in [0.15, 0.2) is 0 Å². The Bertz CT molecular complexity index is 388. The zero-order chi connectivity index (χ0) is 9.64. The molecule has 0 unspecified atom stereocenters. The van der Waals surface area contributed by atoms with Crippen LogP contribution in [0.5, 0.6) is 0 Å². The third kappa shape index (κ3) is 2.33. The van der Waals surface area contributed by atoms with Crippen molar-refractivity contribution in [2.45, 2.75) is 6.54 Å². The molecule has 0 atom stereocenters. The highest BCUT2D eigenvalue weighted by molar-refractivity contribution is 5.76. The van der Waals surface area contributed by atoms with Gasteiger partial charge in [-0.3, -0.25) is 4.99 Å². The number of aromatic nitrogens is 1. The van der Waals surface area contributed by atoms with Gasteiger partial charge in [0.2, 0.25) is 0 Å². The zero-order valence-corrected chi connectivity index (χ0v) is 7.85. The summed E-state index contributed by atoms with van der Waals surface area (Å²) in [5.41, 5.74) is 2.27. The first-order valence-corrected chi connectivity index (χ1v) is 4.62. The Labute approximate surface area is 83.3 Å². The molecule has 1 aromatic heterocycles. The second-order valence-electron chi connectivity index (χ2n) is 3.08. The highest BCUT2D eigenvalue weighted by atomic mass is 14.7. The van der Waals surface area contributed by atoms with Crippen LogP contribution in [0.25, 0.3) is 0 Å². The van der Waals surface area contributed by atoms with Gasteiger partial charge >= 0.3 is 0 Å². The van der Waals surface area contributed by atoms with Crippen LogP contribution in [0.4, 0.5) is 0 Å². The van der Waals surface area contributed by atoms with Crippen molar-refractivity contribution in [3.8, 4) is 0 Å². The first kappa shape index (κ1) is 8.75. The molecule has 0 bridgehead atoms. The van der Waals surface area contributed by atoms with Crippen LogP contribution < -0.4 is 0 Å². The Morgan fingerprint density at radius 3 is 2.64 bits per heavy atom. The number of nitrogens with one attached hydrogen (secondary N) is 1. The summed E-state index contributed by atoms with van der Waals surface area (Å²) in [6.45, 7) is 0.736. The molecule has 0 radical (unpaired) electrons. The van der Waals surface area contributed by atoms with E-state index in [2.05, 4.69) is 22.1 Å². The minimum absolute atomic E-state index is 0.736. The fraction of sp³-hybridized carbons (Fsp3) is 0.0833. The van der Waals surface area contributed by atoms with Crippen molar-refractivity contribution in [1.82, 2.24) is 4.98 Å². The largest absolute Gasteiger partial charge is 0.360 e. The van der Waals surface area contributed by atoms with E-state index in [9.17, 15) is 0 Å². The van der Waals surface area contributed by atoms with E-state index in [0.717, 1.165) is 12.2 Å². The topological polar surface area (TPSA) is 28.1 Å². The molecule has 0 saturated carbocycles. The summed E-state index contributed by atoms with van der Waals surface area (Å²) in [6.07, 6.45) is 3.75. The van der Waals surface area contributed by atoms with E-state index < -0.39 is 0 Å². The summed E-state index contributed by atoms with van der Waals surface area (Å²) in [6, 6.07) is 14.2. The first-order valence-electron chi connectivity index (χ1n) is 4.62. The quantitative estimate of drug-likeness (QED) is 0.710. The van der Waals surface area contributed by atoms with E-state index in [0.29, 0.717) is 0 Å². The van der Waals surface area contributed by atoms with Crippen LogP contribution in [0.1, 0.15) is 11.3 Å². The van der Waals surface area contributed by atoms with Crippen molar-refractivity contribution in [3.05, 3.63) is 59.9 Å². The molecule has 1 aromatic carbocycles. The SMILES string of the molecule is C(=NCc1ccccc1)c1ccc[nH]1. The van der Waals surface area contributed by atoms with Crippen molar-refractivity contribution in [3.63, 3.8) is 0 Å². The summed E-state index contributed by atoms with van der Waals surface area (Å²) in [5, 5.41) is 0. The Balaban J connectivity index is 1.95. The summed E-state index contributed by atoms with van der Waals surface area (Å²) in [4.78, 5) is 7.40. The van der Waals surface area contributed by atoms with Gasteiger partial charge in [0, 0.05) is 12.4 Å². The zero-order valence-electron chi connectivity index (χ0n) is 7.85. The van der Waals surface area contributed by atoms with Gasteiger partial charge < -0.3 is 4.98 Å². The Morgan fingerprint density at radius 1 is 1.07 bits per heavy atom. The molecule has 0 fully saturated rings. The predicted molar refractivity (Wildman–Crippen MR) is 58.5 cm³/mol. The molecule has 0 spiro atoms. The van der Waals surface area contributed by atoms with E-state index in [-0.39, 0.29) is 0 Å². The van der Waals surface area contributed by atoms with Crippen LogP contribution in [-0.4, -0.2) is 11.2 Å². The minimum atomic E-state index is 0.736. The maximum absolute atomic E-state index is 4.33. The molecule has 2 rings (SSSR count). The predicted octanol–water partition coefficient (Wildman–Crippen LogP) is 2.63. The van der Waals surface area contributed by atoms with E-state index in [1.165, 1.54) is 5.56 Å². The molecule has 2 aromatic rings. The summed E-state index contributed by atoms with van der Waals surface area (Å²) in [5.74, 6) is 0. The van der Waals surface area contributed by atoms with Gasteiger partial charge in [-0.1, -0.05) is 30.3 Å². The molecule has 2 heteroatoms. The molecule has 2 nitrogen and oxygen atoms in total. The molecule has 1 heterocycles. The molecule has 70 valence electrons. The number of rotatable bonds is 3. The highest BCUT2D eigenvalue weighted by Gasteiger charge is 1.87. The molecular weight excluding hydrogens is 172 g/mol. The average Bonchev–Trinajstić information content (AvgIpc) is 2.72. The summed E-state index contributed by atoms with van der Waals surface area (Å²) >= 11 is 0. The van der Waals surface area contributed by atoms with Gasteiger partial charge in [-0.25, -0.2) is 0 Å². The number of aliphatic imine (C=N–C) groups is 1. The lowest BCUT2D eigenvalue weighted by Gasteiger charge is -1.93. The summed E-state index contributed by atoms with van der Waals surface area (Å²) in [7, 11) is 0. The molecule has 0 amide bonds. The van der Waals surface area contributed by atoms with E-state index in [1.54, 1.807) is 0 Å². The van der Waals surface area contributed by atoms with Crippen molar-refractivity contribution >= 4 is 6.21 Å². The number of nitrogens with zero attached hydrogens (tertiary/aromatic N) is 1. The minimum Gasteiger partial charge on any atom is -0.360 e. The molecule has 1 N–H and O–H groups in total. The van der Waals surface area contributed by atoms with Crippen molar-refractivity contribution in [2.75, 3.05) is 0 Å². The maximum atomic E-state index is 4.33. The Hall–Kier alpha value is -1.83. The van der Waals surface area contributed by atoms with Gasteiger partial charge in [0.1, 0.15) is 0 Å². The Kier molecular flexibility index (Phi) is 2.76. The smallest absolute Gasteiger partial charge is 0.0640 e. The monoisotopic (exact) mass is 184 g/mol. The van der Waals surface area contributed by atoms with Crippen molar-refractivity contribution in [1.29, 1.82) is 0 Å². The molecule has 14 heavy (non-hydrogen) atoms. The third-order valence-electron chi connectivity index (χ3n) is 1.97. The molecular formula is C12H12N2. The normalized spacial score (nSPS) is 10.9. The van der Waals surface area contributed by atoms with Gasteiger partial charge in [-0.05, 0) is 17.7 Å². The van der Waals surface area contributed by atoms with Crippen LogP contribution in [-0.2, 0) is 6.54 Å². The average molecular weight is 184 g/mol. The number of hydrogen-bond donors (Lipinski definition) is 1. The highest BCUT2D eigenvalue weighted by Crippen LogP contribution is 2.00. The molecule has 0 saturated heterocycles. The number of benzene rings is 1. The lowest BCUT2D eigenvalue weighted by atomic mass is 10.2. The second-order valence-corrected chi connectivity index (χ2v) is 3.08. The molecule has 0 aliphatic rings. The second kappa shape index (κ2) is 4.42. The number of hydrogen-bond acceptors (Lipinski definition) is 1. The third-order valence-corrected chi connectivity index (χ3v) is 1.97. The molecule has 0 aliphatic carbocycles. The standard InChI is InChI=1S/C12H12N2/c1-2-5-11(6-3-1)9-13-10-12-7-4-8-14-12/h1-8,10,14H,9H2. The van der Waals surface area contributed by atoms with Gasteiger partial charge in [-0.15, -0.1) is 0 Å². The first-order chi connectivity index (χ1) is 6.95. The fourth-order valence-corrected chi connectivity index (χ4v) is 1.26. The number of H-pyrrole nitrogens is 1. The van der Waals surface area contributed by atoms with Crippen LogP contribution in [0.2, 0.25) is 0 Å². The van der Waals surface area contributed by atoms with E-state index in [1.807, 2.05) is 42.7 Å². The Morgan fingerprint density at radius 2 is 1.93 bits per heavy atom. The maximum Gasteiger partial charge on any atom is 0.0640 e. The van der Waals surface area contributed by atoms with Gasteiger partial charge in [0.05, 0.1) is 12.2 Å². The van der Waals surface area contributed by atoms with Gasteiger partial charge in [0.25, 0.3) is 0 Å². The number of aromatic amines is 1. The summed E-state index contributed by atoms with van der Waals surface area (Å²) < 4.78 is 0. The van der Waals surface area contributed by atoms with Crippen LogP contribution in [0.3, 0.4) is 0 Å². The van der Waals surface area contributed by atoms with Crippen LogP contribution >= 0.6 is 0 Å².